The Kier molecular flexibility index (Phi) is 10.6. The summed E-state index contributed by atoms with van der Waals surface area (Å²) in [5.74, 6) is -10.4. The van der Waals surface area contributed by atoms with Gasteiger partial charge >= 0.3 is 0 Å². The number of rotatable bonds is 7. The van der Waals surface area contributed by atoms with E-state index in [1.807, 2.05) is 30.3 Å². The van der Waals surface area contributed by atoms with E-state index < -0.39 is 87.3 Å². The van der Waals surface area contributed by atoms with Crippen LogP contribution in [0.2, 0.25) is 0 Å². The number of ketones is 2. The summed E-state index contributed by atoms with van der Waals surface area (Å²) in [6, 6.07) is 11.0. The van der Waals surface area contributed by atoms with Gasteiger partial charge in [0.2, 0.25) is 11.7 Å². The van der Waals surface area contributed by atoms with Gasteiger partial charge in [0.15, 0.2) is 17.1 Å². The monoisotopic (exact) mass is 678 g/mol. The Bertz CT molecular complexity index is 1650. The number of aliphatic hydroxyl groups excluding tert-OH is 3. The quantitative estimate of drug-likeness (QED) is 0.154. The molecule has 0 fully saturated rings. The molecule has 0 aliphatic heterocycles. The number of hydrogen-bond acceptors (Lipinski definition) is 11. The third kappa shape index (κ3) is 5.52. The molecule has 3 aliphatic rings. The highest BCUT2D eigenvalue weighted by atomic mass is 35.5. The average molecular weight is 680 g/mol. The first kappa shape index (κ1) is 36.5. The molecule has 248 valence electrons. The van der Waals surface area contributed by atoms with Gasteiger partial charge in [0, 0.05) is 18.0 Å². The predicted molar refractivity (Wildman–Crippen MR) is 171 cm³/mol. The molecule has 5 rings (SSSR count). The number of hydrogen-bond donors (Lipinski definition) is 8. The van der Waals surface area contributed by atoms with Crippen molar-refractivity contribution >= 4 is 53.9 Å². The number of nitrogens with zero attached hydrogens (tertiary/aromatic N) is 1. The van der Waals surface area contributed by atoms with Gasteiger partial charge in [-0.3, -0.25) is 24.1 Å². The second kappa shape index (κ2) is 13.4. The molecule has 0 saturated heterocycles. The minimum Gasteiger partial charge on any atom is -0.510 e. The molecule has 0 saturated carbocycles. The van der Waals surface area contributed by atoms with Crippen LogP contribution in [0, 0.1) is 11.8 Å². The van der Waals surface area contributed by atoms with Crippen LogP contribution in [0.5, 0.6) is 5.75 Å². The molecule has 15 heteroatoms. The molecule has 0 bridgehead atoms. The van der Waals surface area contributed by atoms with Gasteiger partial charge in [0.25, 0.3) is 5.91 Å². The number of aromatic hydroxyl groups is 1. The smallest absolute Gasteiger partial charge is 0.255 e. The lowest BCUT2D eigenvalue weighted by Gasteiger charge is -2.53. The fourth-order valence-electron chi connectivity index (χ4n) is 6.83. The van der Waals surface area contributed by atoms with E-state index in [1.54, 1.807) is 6.92 Å². The standard InChI is InChI=1S/C31H34N4O9.2ClH/c1-13-15-9-10-16(34-17(36)12-33-11-14-7-5-4-6-8-14)24(37)19(15)25(38)20-18(13)26(39)22-23(35(2)3)27(40)21(30(32)43)29(42)31(22,44)28(20)41;;/h4-10,13,18,22-23,26,33,37,39-41,44H,11-12H2,1-3H3,(H2,32,43)(H,34,36);2*1H/t13?,18?,22?,23-,26?,31-;;/m0../s1. The van der Waals surface area contributed by atoms with E-state index in [9.17, 15) is 44.7 Å². The average Bonchev–Trinajstić information content (AvgIpc) is 2.96. The first-order chi connectivity index (χ1) is 20.7. The van der Waals surface area contributed by atoms with Crippen LogP contribution in [0.3, 0.4) is 0 Å². The van der Waals surface area contributed by atoms with Gasteiger partial charge in [-0.2, -0.15) is 0 Å². The van der Waals surface area contributed by atoms with Gasteiger partial charge in [-0.25, -0.2) is 0 Å². The van der Waals surface area contributed by atoms with Gasteiger partial charge in [0.05, 0.1) is 35.9 Å². The number of carbonyl (C=O) groups excluding carboxylic acids is 4. The van der Waals surface area contributed by atoms with E-state index in [0.717, 1.165) is 5.56 Å². The summed E-state index contributed by atoms with van der Waals surface area (Å²) in [5, 5.41) is 62.5. The van der Waals surface area contributed by atoms with Gasteiger partial charge in [-0.1, -0.05) is 43.3 Å². The van der Waals surface area contributed by atoms with Crippen molar-refractivity contribution in [1.29, 1.82) is 0 Å². The number of nitrogens with one attached hydrogen (secondary N) is 2. The highest BCUT2D eigenvalue weighted by Crippen LogP contribution is 2.56. The van der Waals surface area contributed by atoms with Gasteiger partial charge in [0.1, 0.15) is 17.1 Å². The van der Waals surface area contributed by atoms with Crippen molar-refractivity contribution in [3.63, 3.8) is 0 Å². The third-order valence-corrected chi connectivity index (χ3v) is 8.86. The SMILES string of the molecule is CC1c2ccc(NC(=O)CNCc3ccccc3)c(O)c2C(=O)C2=C(O)[C@]3(O)C(=O)C(C(N)=O)=C(O)[C@@H](N(C)C)C3C(O)C21.Cl.Cl. The molecule has 6 atom stereocenters. The van der Waals surface area contributed by atoms with Crippen LogP contribution in [-0.2, 0) is 20.9 Å². The zero-order valence-electron chi connectivity index (χ0n) is 25.1. The van der Waals surface area contributed by atoms with Crippen LogP contribution in [0.4, 0.5) is 5.69 Å². The maximum Gasteiger partial charge on any atom is 0.255 e. The van der Waals surface area contributed by atoms with Crippen molar-refractivity contribution in [3.05, 3.63) is 81.8 Å². The van der Waals surface area contributed by atoms with Crippen LogP contribution in [0.1, 0.15) is 34.3 Å². The van der Waals surface area contributed by atoms with Crippen molar-refractivity contribution in [2.45, 2.75) is 37.1 Å². The first-order valence-corrected chi connectivity index (χ1v) is 14.0. The Morgan fingerprint density at radius 1 is 1.02 bits per heavy atom. The Labute approximate surface area is 276 Å². The number of carbonyl (C=O) groups is 4. The number of anilines is 1. The van der Waals surface area contributed by atoms with E-state index in [4.69, 9.17) is 5.73 Å². The van der Waals surface area contributed by atoms with Gasteiger partial charge in [-0.05, 0) is 37.2 Å². The minimum atomic E-state index is -3.00. The number of halogens is 2. The Morgan fingerprint density at radius 2 is 1.65 bits per heavy atom. The number of fused-ring (bicyclic) bond motifs is 3. The lowest BCUT2D eigenvalue weighted by molar-refractivity contribution is -0.162. The summed E-state index contributed by atoms with van der Waals surface area (Å²) in [7, 11) is 2.93. The molecular weight excluding hydrogens is 643 g/mol. The molecule has 4 unspecified atom stereocenters. The van der Waals surface area contributed by atoms with Gasteiger partial charge < -0.3 is 41.9 Å². The molecular formula is C31H36Cl2N4O9. The predicted octanol–water partition coefficient (Wildman–Crippen LogP) is 1.22. The summed E-state index contributed by atoms with van der Waals surface area (Å²) < 4.78 is 0. The highest BCUT2D eigenvalue weighted by Gasteiger charge is 2.67. The molecule has 0 aromatic heterocycles. The maximum atomic E-state index is 14.0. The number of phenolic OH excluding ortho intramolecular Hbond substituents is 1. The minimum absolute atomic E-state index is 0. The highest BCUT2D eigenvalue weighted by molar-refractivity contribution is 6.25. The lowest BCUT2D eigenvalue weighted by atomic mass is 9.55. The number of nitrogens with two attached hydrogens (primary N) is 1. The summed E-state index contributed by atoms with van der Waals surface area (Å²) in [4.78, 5) is 53.6. The van der Waals surface area contributed by atoms with Crippen molar-refractivity contribution < 1.29 is 44.7 Å². The molecule has 0 spiro atoms. The normalized spacial score (nSPS) is 26.8. The zero-order chi connectivity index (χ0) is 32.2. The van der Waals surface area contributed by atoms with Crippen LogP contribution >= 0.6 is 24.8 Å². The van der Waals surface area contributed by atoms with Crippen LogP contribution in [0.25, 0.3) is 0 Å². The molecule has 46 heavy (non-hydrogen) atoms. The molecule has 0 heterocycles. The summed E-state index contributed by atoms with van der Waals surface area (Å²) in [5.41, 5.74) is 1.71. The number of primary amides is 1. The molecule has 2 aromatic carbocycles. The van der Waals surface area contributed by atoms with E-state index in [1.165, 1.54) is 31.1 Å². The van der Waals surface area contributed by atoms with Crippen LogP contribution in [0.15, 0.2) is 65.1 Å². The van der Waals surface area contributed by atoms with Gasteiger partial charge in [-0.15, -0.1) is 24.8 Å². The van der Waals surface area contributed by atoms with Crippen LogP contribution < -0.4 is 16.4 Å². The third-order valence-electron chi connectivity index (χ3n) is 8.86. The lowest BCUT2D eigenvalue weighted by Crippen LogP contribution is -2.68. The zero-order valence-corrected chi connectivity index (χ0v) is 26.7. The summed E-state index contributed by atoms with van der Waals surface area (Å²) in [6.45, 7) is 1.93. The van der Waals surface area contributed by atoms with Crippen molar-refractivity contribution in [3.8, 4) is 5.75 Å². The maximum absolute atomic E-state index is 14.0. The Hall–Kier alpha value is -3.98. The van der Waals surface area contributed by atoms with Crippen molar-refractivity contribution in [2.24, 2.45) is 17.6 Å². The molecule has 3 aliphatic carbocycles. The number of aliphatic hydroxyl groups is 4. The second-order valence-corrected chi connectivity index (χ2v) is 11.6. The first-order valence-electron chi connectivity index (χ1n) is 14.0. The number of phenols is 1. The summed E-state index contributed by atoms with van der Waals surface area (Å²) in [6.07, 6.45) is -1.69. The van der Waals surface area contributed by atoms with E-state index in [2.05, 4.69) is 10.6 Å². The van der Waals surface area contributed by atoms with E-state index >= 15 is 0 Å². The van der Waals surface area contributed by atoms with Crippen molar-refractivity contribution in [2.75, 3.05) is 26.0 Å². The molecule has 0 radical (unpaired) electrons. The molecule has 9 N–H and O–H groups in total. The van der Waals surface area contributed by atoms with E-state index in [-0.39, 0.29) is 42.6 Å². The fraction of sp³-hybridized carbons (Fsp3) is 0.355. The number of Topliss-reactive ketones (excluding diaryl/α,β-unsaturated/α-hetero) is 2. The fourth-order valence-corrected chi connectivity index (χ4v) is 6.83. The Morgan fingerprint density at radius 3 is 2.24 bits per heavy atom. The largest absolute Gasteiger partial charge is 0.510 e. The van der Waals surface area contributed by atoms with Crippen LogP contribution in [-0.4, -0.2) is 92.2 Å². The molecule has 2 aromatic rings. The molecule has 13 nitrogen and oxygen atoms in total. The summed E-state index contributed by atoms with van der Waals surface area (Å²) >= 11 is 0. The number of benzene rings is 2. The number of amides is 2. The van der Waals surface area contributed by atoms with E-state index in [0.29, 0.717) is 12.1 Å². The molecule has 2 amide bonds. The second-order valence-electron chi connectivity index (χ2n) is 11.6. The van der Waals surface area contributed by atoms with Crippen molar-refractivity contribution in [1.82, 2.24) is 10.2 Å². The number of likely N-dealkylation sites (N-methyl/N-ethyl adjacent to an activating group) is 1. The Balaban J connectivity index is 0.00000288. The topological polar surface area (TPSA) is 223 Å².